The van der Waals surface area contributed by atoms with Gasteiger partial charge >= 0.3 is 12.1 Å². The molecule has 0 aromatic carbocycles. The third-order valence-electron chi connectivity index (χ3n) is 6.99. The number of hydrogen-bond donors (Lipinski definition) is 1. The molecule has 4 heterocycles. The van der Waals surface area contributed by atoms with Crippen molar-refractivity contribution in [3.05, 3.63) is 24.0 Å². The maximum absolute atomic E-state index is 13.3. The van der Waals surface area contributed by atoms with Crippen LogP contribution in [0.3, 0.4) is 0 Å². The largest absolute Gasteiger partial charge is 0.443 e. The molecule has 2 aromatic heterocycles. The number of nitrogens with one attached hydrogen (secondary N) is 1. The van der Waals surface area contributed by atoms with Gasteiger partial charge in [0.15, 0.2) is 0 Å². The van der Waals surface area contributed by atoms with Crippen molar-refractivity contribution in [3.63, 3.8) is 0 Å². The van der Waals surface area contributed by atoms with E-state index >= 15 is 0 Å². The number of amides is 2. The number of anilines is 1. The Hall–Kier alpha value is -3.05. The Balaban J connectivity index is 1.57. The van der Waals surface area contributed by atoms with Crippen LogP contribution >= 0.6 is 0 Å². The van der Waals surface area contributed by atoms with Crippen LogP contribution in [-0.4, -0.2) is 63.8 Å². The van der Waals surface area contributed by atoms with Crippen molar-refractivity contribution in [1.29, 1.82) is 0 Å². The van der Waals surface area contributed by atoms with E-state index in [-0.39, 0.29) is 12.1 Å². The number of carbonyl (C=O) groups excluding carboxylic acids is 2. The predicted octanol–water partition coefficient (Wildman–Crippen LogP) is 5.24. The SMILES string of the molecule is C#CCCC1CCN(C(=O)Nc2cc3c(cn2)cc([C@H]2CCCN2C)n3C(=O)OC(C)(C)C)CC1. The summed E-state index contributed by atoms with van der Waals surface area (Å²) < 4.78 is 7.41. The van der Waals surface area contributed by atoms with Gasteiger partial charge in [0.1, 0.15) is 11.4 Å². The quantitative estimate of drug-likeness (QED) is 0.607. The molecule has 0 saturated carbocycles. The summed E-state index contributed by atoms with van der Waals surface area (Å²) in [5.41, 5.74) is 0.963. The molecule has 2 saturated heterocycles. The van der Waals surface area contributed by atoms with Crippen LogP contribution in [0.25, 0.3) is 10.9 Å². The van der Waals surface area contributed by atoms with Crippen LogP contribution in [0.4, 0.5) is 15.4 Å². The minimum absolute atomic E-state index is 0.128. The van der Waals surface area contributed by atoms with E-state index in [4.69, 9.17) is 11.2 Å². The minimum atomic E-state index is -0.622. The lowest BCUT2D eigenvalue weighted by Gasteiger charge is -2.31. The van der Waals surface area contributed by atoms with Crippen molar-refractivity contribution in [2.45, 2.75) is 70.9 Å². The molecule has 0 radical (unpaired) electrons. The monoisotopic (exact) mass is 479 g/mol. The number of rotatable bonds is 4. The average molecular weight is 480 g/mol. The third kappa shape index (κ3) is 5.79. The van der Waals surface area contributed by atoms with E-state index in [9.17, 15) is 9.59 Å². The van der Waals surface area contributed by atoms with E-state index in [2.05, 4.69) is 28.2 Å². The molecule has 35 heavy (non-hydrogen) atoms. The number of hydrogen-bond acceptors (Lipinski definition) is 5. The Bertz CT molecular complexity index is 1120. The molecule has 2 amide bonds. The molecule has 2 aliphatic heterocycles. The van der Waals surface area contributed by atoms with Crippen LogP contribution in [0, 0.1) is 18.3 Å². The molecule has 2 aliphatic rings. The fourth-order valence-electron chi connectivity index (χ4n) is 5.13. The zero-order valence-electron chi connectivity index (χ0n) is 21.3. The highest BCUT2D eigenvalue weighted by atomic mass is 16.6. The summed E-state index contributed by atoms with van der Waals surface area (Å²) in [6, 6.07) is 3.75. The number of pyridine rings is 1. The zero-order chi connectivity index (χ0) is 25.2. The first-order valence-electron chi connectivity index (χ1n) is 12.6. The van der Waals surface area contributed by atoms with Gasteiger partial charge in [-0.3, -0.25) is 10.2 Å². The number of likely N-dealkylation sites (tertiary alicyclic amines) is 2. The van der Waals surface area contributed by atoms with E-state index in [1.54, 1.807) is 16.8 Å². The van der Waals surface area contributed by atoms with Gasteiger partial charge in [-0.1, -0.05) is 0 Å². The molecular formula is C27H37N5O3. The Morgan fingerprint density at radius 3 is 2.57 bits per heavy atom. The van der Waals surface area contributed by atoms with E-state index in [1.165, 1.54) is 0 Å². The molecule has 0 bridgehead atoms. The molecule has 0 spiro atoms. The molecule has 1 N–H and O–H groups in total. The minimum Gasteiger partial charge on any atom is -0.443 e. The predicted molar refractivity (Wildman–Crippen MR) is 137 cm³/mol. The van der Waals surface area contributed by atoms with Gasteiger partial charge in [0.2, 0.25) is 0 Å². The molecule has 0 unspecified atom stereocenters. The lowest BCUT2D eigenvalue weighted by atomic mass is 9.92. The molecule has 8 heteroatoms. The van der Waals surface area contributed by atoms with Gasteiger partial charge in [-0.25, -0.2) is 19.1 Å². The van der Waals surface area contributed by atoms with Crippen LogP contribution in [0.2, 0.25) is 0 Å². The maximum atomic E-state index is 13.3. The standard InChI is InChI=1S/C27H37N5O3/c1-6-7-9-19-11-14-31(15-12-19)25(33)29-24-17-22-20(18-28-24)16-23(21-10-8-13-30(21)5)32(22)26(34)35-27(2,3)4/h1,16-19,21H,7-15H2,2-5H3,(H,28,29,33)/t21-/m1/s1. The Kier molecular flexibility index (Phi) is 7.36. The fraction of sp³-hybridized carbons (Fsp3) is 0.593. The van der Waals surface area contributed by atoms with E-state index in [1.807, 2.05) is 31.7 Å². The van der Waals surface area contributed by atoms with Crippen LogP contribution in [-0.2, 0) is 4.74 Å². The van der Waals surface area contributed by atoms with Gasteiger partial charge < -0.3 is 9.64 Å². The second-order valence-corrected chi connectivity index (χ2v) is 10.8. The summed E-state index contributed by atoms with van der Waals surface area (Å²) in [6.07, 6.45) is 12.5. The molecular weight excluding hydrogens is 442 g/mol. The summed E-state index contributed by atoms with van der Waals surface area (Å²) in [4.78, 5) is 34.8. The number of nitrogens with zero attached hydrogens (tertiary/aromatic N) is 4. The number of urea groups is 1. The third-order valence-corrected chi connectivity index (χ3v) is 6.99. The van der Waals surface area contributed by atoms with Crippen molar-refractivity contribution in [2.24, 2.45) is 5.92 Å². The van der Waals surface area contributed by atoms with E-state index < -0.39 is 11.7 Å². The normalized spacial score (nSPS) is 19.6. The van der Waals surface area contributed by atoms with Gasteiger partial charge in [0, 0.05) is 42.9 Å². The van der Waals surface area contributed by atoms with Crippen molar-refractivity contribution >= 4 is 28.8 Å². The summed E-state index contributed by atoms with van der Waals surface area (Å²) in [5, 5.41) is 3.78. The molecule has 2 fully saturated rings. The molecule has 188 valence electrons. The highest BCUT2D eigenvalue weighted by molar-refractivity contribution is 5.95. The zero-order valence-corrected chi connectivity index (χ0v) is 21.3. The van der Waals surface area contributed by atoms with Gasteiger partial charge in [-0.15, -0.1) is 12.3 Å². The lowest BCUT2D eigenvalue weighted by molar-refractivity contribution is 0.0534. The van der Waals surface area contributed by atoms with Gasteiger partial charge in [-0.05, 0) is 78.5 Å². The smallest absolute Gasteiger partial charge is 0.419 e. The van der Waals surface area contributed by atoms with Gasteiger partial charge in [-0.2, -0.15) is 0 Å². The number of fused-ring (bicyclic) bond motifs is 1. The first kappa shape index (κ1) is 25.1. The highest BCUT2D eigenvalue weighted by Gasteiger charge is 2.31. The van der Waals surface area contributed by atoms with E-state index in [0.29, 0.717) is 30.3 Å². The number of carbonyl (C=O) groups is 2. The molecule has 1 atom stereocenters. The van der Waals surface area contributed by atoms with E-state index in [0.717, 1.165) is 56.1 Å². The first-order chi connectivity index (χ1) is 16.7. The van der Waals surface area contributed by atoms with Crippen LogP contribution < -0.4 is 5.32 Å². The van der Waals surface area contributed by atoms with Gasteiger partial charge in [0.05, 0.1) is 11.6 Å². The summed E-state index contributed by atoms with van der Waals surface area (Å²) in [7, 11) is 2.08. The first-order valence-corrected chi connectivity index (χ1v) is 12.6. The van der Waals surface area contributed by atoms with Crippen molar-refractivity contribution in [2.75, 3.05) is 32.0 Å². The summed E-state index contributed by atoms with van der Waals surface area (Å²) in [6.45, 7) is 7.98. The molecule has 4 rings (SSSR count). The topological polar surface area (TPSA) is 79.7 Å². The summed E-state index contributed by atoms with van der Waals surface area (Å²) >= 11 is 0. The van der Waals surface area contributed by atoms with Crippen molar-refractivity contribution in [1.82, 2.24) is 19.4 Å². The van der Waals surface area contributed by atoms with Crippen LogP contribution in [0.5, 0.6) is 0 Å². The Labute approximate surface area is 208 Å². The lowest BCUT2D eigenvalue weighted by Crippen LogP contribution is -2.41. The number of terminal acetylenes is 1. The maximum Gasteiger partial charge on any atom is 0.419 e. The average Bonchev–Trinajstić information content (AvgIpc) is 3.39. The van der Waals surface area contributed by atoms with Crippen LogP contribution in [0.15, 0.2) is 18.3 Å². The van der Waals surface area contributed by atoms with Crippen molar-refractivity contribution < 1.29 is 14.3 Å². The van der Waals surface area contributed by atoms with Crippen LogP contribution in [0.1, 0.15) is 71.0 Å². The number of ether oxygens (including phenoxy) is 1. The molecule has 2 aromatic rings. The second kappa shape index (κ2) is 10.3. The number of aromatic nitrogens is 2. The number of piperidine rings is 1. The highest BCUT2D eigenvalue weighted by Crippen LogP contribution is 2.35. The van der Waals surface area contributed by atoms with Crippen molar-refractivity contribution in [3.8, 4) is 12.3 Å². The second-order valence-electron chi connectivity index (χ2n) is 10.8. The summed E-state index contributed by atoms with van der Waals surface area (Å²) in [5.74, 6) is 3.70. The Morgan fingerprint density at radius 1 is 1.20 bits per heavy atom. The van der Waals surface area contributed by atoms with Gasteiger partial charge in [0.25, 0.3) is 0 Å². The fourth-order valence-corrected chi connectivity index (χ4v) is 5.13. The molecule has 0 aliphatic carbocycles. The Morgan fingerprint density at radius 2 is 1.94 bits per heavy atom. The molecule has 8 nitrogen and oxygen atoms in total.